The fraction of sp³-hybridized carbons (Fsp3) is 0.500. The van der Waals surface area contributed by atoms with Gasteiger partial charge in [-0.1, -0.05) is 42.3 Å². The van der Waals surface area contributed by atoms with Crippen molar-refractivity contribution in [1.82, 2.24) is 5.32 Å². The highest BCUT2D eigenvalue weighted by Crippen LogP contribution is 2.46. The predicted octanol–water partition coefficient (Wildman–Crippen LogP) is 6.13. The Hall–Kier alpha value is -2.00. The maximum Gasteiger partial charge on any atom is 0.458 e. The molecule has 0 unspecified atom stereocenters. The zero-order valence-corrected chi connectivity index (χ0v) is 20.4. The third kappa shape index (κ3) is 9.88. The zero-order chi connectivity index (χ0) is 26.1. The van der Waals surface area contributed by atoms with Gasteiger partial charge in [0.15, 0.2) is 0 Å². The molecular weight excluding hydrogens is 490 g/mol. The number of benzene rings is 2. The molecule has 0 aliphatic heterocycles. The van der Waals surface area contributed by atoms with Crippen LogP contribution in [0.25, 0.3) is 0 Å². The molecule has 2 aromatic rings. The highest BCUT2D eigenvalue weighted by Gasteiger charge is 2.59. The van der Waals surface area contributed by atoms with Crippen LogP contribution in [0, 0.1) is 6.92 Å². The Balaban J connectivity index is 1.94. The second-order valence-corrected chi connectivity index (χ2v) is 10.4. The fourth-order valence-corrected chi connectivity index (χ4v) is 4.09. The molecule has 35 heavy (non-hydrogen) atoms. The number of hydrogen-bond acceptors (Lipinski definition) is 3. The summed E-state index contributed by atoms with van der Waals surface area (Å²) in [5.74, 6) is -5.03. The van der Waals surface area contributed by atoms with E-state index in [4.69, 9.17) is 9.79 Å². The summed E-state index contributed by atoms with van der Waals surface area (Å²) in [6.45, 7) is 2.43. The van der Waals surface area contributed by atoms with Crippen LogP contribution >= 0.6 is 7.60 Å². The van der Waals surface area contributed by atoms with E-state index < -0.39 is 25.3 Å². The first-order valence-corrected chi connectivity index (χ1v) is 13.2. The van der Waals surface area contributed by atoms with Crippen molar-refractivity contribution in [2.45, 2.75) is 57.7 Å². The van der Waals surface area contributed by atoms with Gasteiger partial charge >= 0.3 is 19.7 Å². The minimum atomic E-state index is -5.74. The number of halogens is 5. The summed E-state index contributed by atoms with van der Waals surface area (Å²) in [5, 5.41) is 5.53. The van der Waals surface area contributed by atoms with Gasteiger partial charge in [-0.15, -0.1) is 0 Å². The molecule has 0 saturated carbocycles. The van der Waals surface area contributed by atoms with Crippen LogP contribution in [0.4, 0.5) is 27.6 Å². The molecule has 2 aromatic carbocycles. The Morgan fingerprint density at radius 2 is 1.51 bits per heavy atom. The number of aryl methyl sites for hydroxylation is 2. The number of rotatable bonds is 14. The average Bonchev–Trinajstić information content (AvgIpc) is 2.76. The Labute approximate surface area is 202 Å². The Kier molecular flexibility index (Phi) is 10.7. The molecular formula is C24H32F5N2O3P. The van der Waals surface area contributed by atoms with E-state index in [1.54, 1.807) is 0 Å². The van der Waals surface area contributed by atoms with Gasteiger partial charge in [0, 0.05) is 18.8 Å². The molecule has 0 aromatic heterocycles. The van der Waals surface area contributed by atoms with E-state index >= 15 is 0 Å². The quantitative estimate of drug-likeness (QED) is 0.136. The highest BCUT2D eigenvalue weighted by atomic mass is 31.2. The first-order valence-electron chi connectivity index (χ1n) is 11.4. The SMILES string of the molecule is Cc1ccc(CCCCCNc2ccc(CNCCCP(=O)(O)O)cc2C(F)(F)C(F)(F)F)cc1. The van der Waals surface area contributed by atoms with Crippen LogP contribution < -0.4 is 10.6 Å². The Bertz CT molecular complexity index is 978. The minimum Gasteiger partial charge on any atom is -0.385 e. The third-order valence-corrected chi connectivity index (χ3v) is 6.39. The molecule has 0 amide bonds. The van der Waals surface area contributed by atoms with Crippen LogP contribution in [0.1, 0.15) is 47.9 Å². The lowest BCUT2D eigenvalue weighted by atomic mass is 10.0. The zero-order valence-electron chi connectivity index (χ0n) is 19.5. The molecule has 0 atom stereocenters. The Morgan fingerprint density at radius 1 is 0.857 bits per heavy atom. The van der Waals surface area contributed by atoms with Crippen LogP contribution in [-0.2, 0) is 23.5 Å². The molecule has 0 radical (unpaired) electrons. The molecule has 2 rings (SSSR count). The van der Waals surface area contributed by atoms with Gasteiger partial charge in [0.2, 0.25) is 0 Å². The summed E-state index contributed by atoms with van der Waals surface area (Å²) in [6.07, 6.45) is -2.79. The van der Waals surface area contributed by atoms with Crippen LogP contribution in [0.2, 0.25) is 0 Å². The molecule has 5 nitrogen and oxygen atoms in total. The topological polar surface area (TPSA) is 81.6 Å². The van der Waals surface area contributed by atoms with Gasteiger partial charge in [-0.3, -0.25) is 4.57 Å². The van der Waals surface area contributed by atoms with E-state index in [1.807, 2.05) is 31.2 Å². The molecule has 0 bridgehead atoms. The standard InChI is InChI=1S/C24H32F5N2O3P/c1-18-7-9-19(10-8-18)6-3-2-4-14-31-22-12-11-20(17-30-13-5-15-35(32,33)34)16-21(22)23(25,26)24(27,28)29/h7-12,16,30-31H,2-6,13-15,17H2,1H3,(H2,32,33,34). The first kappa shape index (κ1) is 29.2. The summed E-state index contributed by atoms with van der Waals surface area (Å²) in [7, 11) is -4.14. The van der Waals surface area contributed by atoms with E-state index in [2.05, 4.69) is 10.6 Å². The number of unbranched alkanes of at least 4 members (excludes halogenated alkanes) is 2. The van der Waals surface area contributed by atoms with Crippen LogP contribution in [0.5, 0.6) is 0 Å². The Morgan fingerprint density at radius 3 is 2.14 bits per heavy atom. The predicted molar refractivity (Wildman–Crippen MR) is 127 cm³/mol. The van der Waals surface area contributed by atoms with Gasteiger partial charge in [-0.2, -0.15) is 22.0 Å². The van der Waals surface area contributed by atoms with Crippen molar-refractivity contribution in [1.29, 1.82) is 0 Å². The van der Waals surface area contributed by atoms with Crippen molar-refractivity contribution >= 4 is 13.3 Å². The summed E-state index contributed by atoms with van der Waals surface area (Å²) in [5.41, 5.74) is 1.17. The number of alkyl halides is 5. The van der Waals surface area contributed by atoms with E-state index in [9.17, 15) is 26.5 Å². The van der Waals surface area contributed by atoms with Crippen molar-refractivity contribution < 1.29 is 36.3 Å². The molecule has 196 valence electrons. The highest BCUT2D eigenvalue weighted by molar-refractivity contribution is 7.51. The normalized spacial score (nSPS) is 12.7. The molecule has 0 spiro atoms. The van der Waals surface area contributed by atoms with Crippen LogP contribution in [0.15, 0.2) is 42.5 Å². The third-order valence-electron chi connectivity index (χ3n) is 5.49. The van der Waals surface area contributed by atoms with Crippen molar-refractivity contribution in [3.63, 3.8) is 0 Å². The van der Waals surface area contributed by atoms with Gasteiger partial charge in [0.1, 0.15) is 0 Å². The summed E-state index contributed by atoms with van der Waals surface area (Å²) in [4.78, 5) is 17.7. The van der Waals surface area contributed by atoms with E-state index in [1.165, 1.54) is 23.3 Å². The van der Waals surface area contributed by atoms with E-state index in [0.29, 0.717) is 6.42 Å². The second kappa shape index (κ2) is 12.8. The van der Waals surface area contributed by atoms with Gasteiger partial charge in [-0.05, 0) is 62.4 Å². The fourth-order valence-electron chi connectivity index (χ4n) is 3.52. The van der Waals surface area contributed by atoms with Gasteiger partial charge in [0.05, 0.1) is 11.7 Å². The average molecular weight is 522 g/mol. The van der Waals surface area contributed by atoms with Gasteiger partial charge < -0.3 is 20.4 Å². The summed E-state index contributed by atoms with van der Waals surface area (Å²) in [6, 6.07) is 11.6. The summed E-state index contributed by atoms with van der Waals surface area (Å²) < 4.78 is 78.7. The first-order chi connectivity index (χ1) is 16.3. The molecule has 4 N–H and O–H groups in total. The molecule has 0 heterocycles. The lowest BCUT2D eigenvalue weighted by molar-refractivity contribution is -0.289. The second-order valence-electron chi connectivity index (χ2n) is 8.59. The maximum absolute atomic E-state index is 14.3. The van der Waals surface area contributed by atoms with Crippen molar-refractivity contribution in [3.8, 4) is 0 Å². The van der Waals surface area contributed by atoms with Gasteiger partial charge in [0.25, 0.3) is 0 Å². The number of nitrogens with one attached hydrogen (secondary N) is 2. The largest absolute Gasteiger partial charge is 0.458 e. The lowest BCUT2D eigenvalue weighted by Crippen LogP contribution is -2.34. The van der Waals surface area contributed by atoms with E-state index in [-0.39, 0.29) is 43.5 Å². The van der Waals surface area contributed by atoms with Crippen molar-refractivity contribution in [2.24, 2.45) is 0 Å². The molecule has 0 aliphatic rings. The van der Waals surface area contributed by atoms with Crippen LogP contribution in [-0.4, -0.2) is 35.2 Å². The maximum atomic E-state index is 14.3. The molecule has 0 fully saturated rings. The molecule has 0 saturated heterocycles. The smallest absolute Gasteiger partial charge is 0.385 e. The van der Waals surface area contributed by atoms with Crippen molar-refractivity contribution in [2.75, 3.05) is 24.6 Å². The molecule has 11 heteroatoms. The monoisotopic (exact) mass is 522 g/mol. The van der Waals surface area contributed by atoms with Crippen molar-refractivity contribution in [3.05, 3.63) is 64.7 Å². The van der Waals surface area contributed by atoms with Gasteiger partial charge in [-0.25, -0.2) is 0 Å². The summed E-state index contributed by atoms with van der Waals surface area (Å²) >= 11 is 0. The van der Waals surface area contributed by atoms with E-state index in [0.717, 1.165) is 25.3 Å². The molecule has 0 aliphatic carbocycles. The lowest BCUT2D eigenvalue weighted by Gasteiger charge is -2.24. The van der Waals surface area contributed by atoms with Crippen LogP contribution in [0.3, 0.4) is 0 Å². The number of hydrogen-bond donors (Lipinski definition) is 4. The number of anilines is 1. The minimum absolute atomic E-state index is 0.0125.